The number of hydrogen-bond donors (Lipinski definition) is 2. The molecule has 0 radical (unpaired) electrons. The summed E-state index contributed by atoms with van der Waals surface area (Å²) in [6.07, 6.45) is 19.6. The standard InChI is InChI=1S/C19H28N4O2/c24-18(22-20-14-16-8-3-1-4-9-16)12-7-13-19(25)23-21-15-17-10-5-2-6-11-17/h1-3,5,14-17H,4,6-13H2,(H,22,24)(H,23,25)/b20-14-,21-15-/t16-,17-/m1/s1. The van der Waals surface area contributed by atoms with Crippen LogP contribution in [0.4, 0.5) is 0 Å². The normalized spacial score (nSPS) is 23.2. The fraction of sp³-hybridized carbons (Fsp3) is 0.579. The van der Waals surface area contributed by atoms with Crippen LogP contribution in [0.25, 0.3) is 0 Å². The minimum Gasteiger partial charge on any atom is -0.273 e. The van der Waals surface area contributed by atoms with Crippen LogP contribution in [0.2, 0.25) is 0 Å². The van der Waals surface area contributed by atoms with Crippen LogP contribution in [-0.4, -0.2) is 24.2 Å². The minimum absolute atomic E-state index is 0.159. The second-order valence-electron chi connectivity index (χ2n) is 6.57. The predicted molar refractivity (Wildman–Crippen MR) is 100 cm³/mol. The lowest BCUT2D eigenvalue weighted by Crippen LogP contribution is -2.21. The summed E-state index contributed by atoms with van der Waals surface area (Å²) in [7, 11) is 0. The molecule has 0 aromatic heterocycles. The maximum absolute atomic E-state index is 11.7. The number of hydrogen-bond acceptors (Lipinski definition) is 4. The highest BCUT2D eigenvalue weighted by Crippen LogP contribution is 2.16. The van der Waals surface area contributed by atoms with Gasteiger partial charge in [-0.3, -0.25) is 9.59 Å². The second kappa shape index (κ2) is 11.3. The van der Waals surface area contributed by atoms with Gasteiger partial charge in [-0.05, 0) is 56.8 Å². The van der Waals surface area contributed by atoms with Crippen LogP contribution in [-0.2, 0) is 9.59 Å². The topological polar surface area (TPSA) is 82.9 Å². The number of carbonyl (C=O) groups excluding carboxylic acids is 2. The van der Waals surface area contributed by atoms with E-state index in [0.717, 1.165) is 38.5 Å². The number of carbonyl (C=O) groups is 2. The minimum atomic E-state index is -0.159. The maximum Gasteiger partial charge on any atom is 0.240 e. The van der Waals surface area contributed by atoms with Gasteiger partial charge in [0.1, 0.15) is 0 Å². The van der Waals surface area contributed by atoms with Crippen molar-refractivity contribution in [3.05, 3.63) is 24.3 Å². The number of amides is 2. The molecule has 136 valence electrons. The first-order valence-electron chi connectivity index (χ1n) is 9.18. The first-order valence-corrected chi connectivity index (χ1v) is 9.18. The molecule has 2 amide bonds. The fourth-order valence-electron chi connectivity index (χ4n) is 2.86. The van der Waals surface area contributed by atoms with Crippen molar-refractivity contribution in [3.63, 3.8) is 0 Å². The van der Waals surface area contributed by atoms with Crippen LogP contribution >= 0.6 is 0 Å². The molecule has 0 fully saturated rings. The van der Waals surface area contributed by atoms with Crippen LogP contribution in [0, 0.1) is 11.8 Å². The van der Waals surface area contributed by atoms with Gasteiger partial charge in [0, 0.05) is 25.3 Å². The van der Waals surface area contributed by atoms with Crippen molar-refractivity contribution in [2.75, 3.05) is 0 Å². The van der Waals surface area contributed by atoms with Crippen molar-refractivity contribution >= 4 is 24.2 Å². The summed E-state index contributed by atoms with van der Waals surface area (Å²) in [5.74, 6) is 0.503. The Morgan fingerprint density at radius 2 is 1.32 bits per heavy atom. The smallest absolute Gasteiger partial charge is 0.240 e. The second-order valence-corrected chi connectivity index (χ2v) is 6.57. The number of rotatable bonds is 8. The first-order chi connectivity index (χ1) is 12.2. The summed E-state index contributed by atoms with van der Waals surface area (Å²) in [4.78, 5) is 23.4. The summed E-state index contributed by atoms with van der Waals surface area (Å²) in [5.41, 5.74) is 5.06. The zero-order chi connectivity index (χ0) is 17.7. The zero-order valence-corrected chi connectivity index (χ0v) is 14.7. The fourth-order valence-corrected chi connectivity index (χ4v) is 2.86. The van der Waals surface area contributed by atoms with Gasteiger partial charge in [0.15, 0.2) is 0 Å². The van der Waals surface area contributed by atoms with Gasteiger partial charge in [-0.2, -0.15) is 10.2 Å². The van der Waals surface area contributed by atoms with Gasteiger partial charge in [-0.1, -0.05) is 24.3 Å². The van der Waals surface area contributed by atoms with E-state index in [-0.39, 0.29) is 24.7 Å². The van der Waals surface area contributed by atoms with Gasteiger partial charge in [0.05, 0.1) is 0 Å². The van der Waals surface area contributed by atoms with Gasteiger partial charge in [0.2, 0.25) is 11.8 Å². The molecule has 2 rings (SSSR count). The van der Waals surface area contributed by atoms with Crippen molar-refractivity contribution < 1.29 is 9.59 Å². The monoisotopic (exact) mass is 344 g/mol. The van der Waals surface area contributed by atoms with Crippen molar-refractivity contribution in [3.8, 4) is 0 Å². The van der Waals surface area contributed by atoms with Crippen LogP contribution in [0.5, 0.6) is 0 Å². The van der Waals surface area contributed by atoms with E-state index in [1.807, 2.05) is 12.4 Å². The molecular weight excluding hydrogens is 316 g/mol. The Bertz CT molecular complexity index is 504. The van der Waals surface area contributed by atoms with Crippen LogP contribution in [0.1, 0.15) is 57.8 Å². The van der Waals surface area contributed by atoms with Crippen molar-refractivity contribution in [2.45, 2.75) is 57.8 Å². The molecule has 0 saturated heterocycles. The van der Waals surface area contributed by atoms with E-state index in [1.54, 1.807) is 0 Å². The average molecular weight is 344 g/mol. The van der Waals surface area contributed by atoms with Gasteiger partial charge < -0.3 is 0 Å². The molecule has 0 heterocycles. The summed E-state index contributed by atoms with van der Waals surface area (Å²) in [5, 5.41) is 8.01. The number of hydrazone groups is 2. The predicted octanol–water partition coefficient (Wildman–Crippen LogP) is 3.07. The zero-order valence-electron chi connectivity index (χ0n) is 14.7. The third kappa shape index (κ3) is 8.42. The molecular formula is C19H28N4O2. The van der Waals surface area contributed by atoms with E-state index in [0.29, 0.717) is 18.3 Å². The van der Waals surface area contributed by atoms with E-state index < -0.39 is 0 Å². The lowest BCUT2D eigenvalue weighted by atomic mass is 9.96. The van der Waals surface area contributed by atoms with E-state index in [4.69, 9.17) is 0 Å². The number of nitrogens with zero attached hydrogens (tertiary/aromatic N) is 2. The lowest BCUT2D eigenvalue weighted by molar-refractivity contribution is -0.122. The molecule has 2 atom stereocenters. The molecule has 6 nitrogen and oxygen atoms in total. The Balaban J connectivity index is 1.52. The Morgan fingerprint density at radius 1 is 0.840 bits per heavy atom. The number of allylic oxidation sites excluding steroid dienone is 4. The molecule has 0 spiro atoms. The lowest BCUT2D eigenvalue weighted by Gasteiger charge is -2.11. The summed E-state index contributed by atoms with van der Waals surface area (Å²) < 4.78 is 0. The van der Waals surface area contributed by atoms with Crippen LogP contribution in [0.3, 0.4) is 0 Å². The molecule has 0 saturated carbocycles. The third-order valence-corrected chi connectivity index (χ3v) is 4.38. The SMILES string of the molecule is O=C(CCCC(=O)N/N=C\[C@@H]1CC=CCC1)N/N=C\[C@@H]1CC=CCC1. The van der Waals surface area contributed by atoms with Crippen molar-refractivity contribution in [1.82, 2.24) is 10.9 Å². The van der Waals surface area contributed by atoms with Crippen LogP contribution in [0.15, 0.2) is 34.5 Å². The molecule has 25 heavy (non-hydrogen) atoms. The molecule has 2 aliphatic rings. The number of nitrogens with one attached hydrogen (secondary N) is 2. The highest BCUT2D eigenvalue weighted by molar-refractivity contribution is 5.79. The molecule has 0 aliphatic heterocycles. The van der Waals surface area contributed by atoms with Crippen molar-refractivity contribution in [2.24, 2.45) is 22.0 Å². The van der Waals surface area contributed by atoms with Gasteiger partial charge >= 0.3 is 0 Å². The molecule has 2 aliphatic carbocycles. The largest absolute Gasteiger partial charge is 0.273 e. The summed E-state index contributed by atoms with van der Waals surface area (Å²) >= 11 is 0. The average Bonchev–Trinajstić information content (AvgIpc) is 2.63. The summed E-state index contributed by atoms with van der Waals surface area (Å²) in [6.45, 7) is 0. The van der Waals surface area contributed by atoms with E-state index in [2.05, 4.69) is 45.4 Å². The molecule has 2 N–H and O–H groups in total. The first kappa shape index (κ1) is 19.1. The highest BCUT2D eigenvalue weighted by atomic mass is 16.2. The van der Waals surface area contributed by atoms with Gasteiger partial charge in [-0.15, -0.1) is 0 Å². The van der Waals surface area contributed by atoms with Gasteiger partial charge in [-0.25, -0.2) is 10.9 Å². The molecule has 0 aromatic carbocycles. The Kier molecular flexibility index (Phi) is 8.66. The molecule has 0 unspecified atom stereocenters. The van der Waals surface area contributed by atoms with Gasteiger partial charge in [0.25, 0.3) is 0 Å². The van der Waals surface area contributed by atoms with Crippen molar-refractivity contribution in [1.29, 1.82) is 0 Å². The molecule has 0 aromatic rings. The van der Waals surface area contributed by atoms with E-state index in [9.17, 15) is 9.59 Å². The third-order valence-electron chi connectivity index (χ3n) is 4.38. The van der Waals surface area contributed by atoms with Crippen LogP contribution < -0.4 is 10.9 Å². The molecule has 0 bridgehead atoms. The maximum atomic E-state index is 11.7. The Labute approximate surface area is 149 Å². The van der Waals surface area contributed by atoms with E-state index in [1.165, 1.54) is 0 Å². The molecule has 6 heteroatoms. The summed E-state index contributed by atoms with van der Waals surface area (Å²) in [6, 6.07) is 0. The highest BCUT2D eigenvalue weighted by Gasteiger charge is 2.08. The Hall–Kier alpha value is -2.24. The Morgan fingerprint density at radius 3 is 1.72 bits per heavy atom. The van der Waals surface area contributed by atoms with E-state index >= 15 is 0 Å². The quantitative estimate of drug-likeness (QED) is 0.403.